The molecule has 5 heteroatoms. The van der Waals surface area contributed by atoms with Crippen LogP contribution in [0.4, 0.5) is 4.79 Å². The number of nitrogens with one attached hydrogen (secondary N) is 2. The average Bonchev–Trinajstić information content (AvgIpc) is 2.15. The lowest BCUT2D eigenvalue weighted by Crippen LogP contribution is -2.48. The van der Waals surface area contributed by atoms with Crippen LogP contribution in [-0.4, -0.2) is 29.2 Å². The summed E-state index contributed by atoms with van der Waals surface area (Å²) >= 11 is 0. The number of amides is 2. The summed E-state index contributed by atoms with van der Waals surface area (Å²) in [4.78, 5) is 22.2. The van der Waals surface area contributed by atoms with Gasteiger partial charge < -0.3 is 15.7 Å². The number of carbonyl (C=O) groups excluding carboxylic acids is 1. The Morgan fingerprint density at radius 2 is 1.38 bits per heavy atom. The van der Waals surface area contributed by atoms with Crippen molar-refractivity contribution >= 4 is 12.0 Å². The summed E-state index contributed by atoms with van der Waals surface area (Å²) in [7, 11) is 0. The first kappa shape index (κ1) is 14.7. The Morgan fingerprint density at radius 3 is 1.75 bits per heavy atom. The molecule has 3 N–H and O–H groups in total. The zero-order chi connectivity index (χ0) is 12.9. The number of carbonyl (C=O) groups is 2. The number of urea groups is 1. The quantitative estimate of drug-likeness (QED) is 0.668. The second-order valence-corrected chi connectivity index (χ2v) is 4.57. The summed E-state index contributed by atoms with van der Waals surface area (Å²) in [5.74, 6) is -1.16. The largest absolute Gasteiger partial charge is 0.481 e. The summed E-state index contributed by atoms with van der Waals surface area (Å²) in [5.41, 5.74) is 0. The first-order valence-electron chi connectivity index (χ1n) is 5.55. The van der Waals surface area contributed by atoms with E-state index < -0.39 is 17.9 Å². The van der Waals surface area contributed by atoms with Crippen LogP contribution in [0.25, 0.3) is 0 Å². The lowest BCUT2D eigenvalue weighted by atomic mass is 10.0. The predicted octanol–water partition coefficient (Wildman–Crippen LogP) is 1.44. The molecule has 0 aliphatic heterocycles. The van der Waals surface area contributed by atoms with Gasteiger partial charge >= 0.3 is 12.0 Å². The molecule has 2 amide bonds. The highest BCUT2D eigenvalue weighted by atomic mass is 16.4. The van der Waals surface area contributed by atoms with Gasteiger partial charge in [-0.1, -0.05) is 13.8 Å². The van der Waals surface area contributed by atoms with E-state index in [1.165, 1.54) is 0 Å². The minimum Gasteiger partial charge on any atom is -0.481 e. The molecular weight excluding hydrogens is 208 g/mol. The Kier molecular flexibility index (Phi) is 5.85. The Balaban J connectivity index is 4.10. The maximum atomic E-state index is 11.5. The molecule has 0 aliphatic rings. The second-order valence-electron chi connectivity index (χ2n) is 4.57. The third kappa shape index (κ3) is 5.00. The summed E-state index contributed by atoms with van der Waals surface area (Å²) in [6, 6.07) is -0.647. The Labute approximate surface area is 96.6 Å². The predicted molar refractivity (Wildman–Crippen MR) is 62.2 cm³/mol. The normalized spacial score (nSPS) is 16.4. The van der Waals surface area contributed by atoms with Gasteiger partial charge in [0.15, 0.2) is 0 Å². The molecule has 0 aromatic rings. The molecule has 0 aliphatic carbocycles. The monoisotopic (exact) mass is 230 g/mol. The molecule has 0 saturated carbocycles. The highest BCUT2D eigenvalue weighted by Crippen LogP contribution is 2.03. The fraction of sp³-hybridized carbons (Fsp3) is 0.818. The second kappa shape index (κ2) is 6.35. The van der Waals surface area contributed by atoms with Crippen molar-refractivity contribution in [2.75, 3.05) is 0 Å². The van der Waals surface area contributed by atoms with Gasteiger partial charge in [-0.2, -0.15) is 0 Å². The van der Waals surface area contributed by atoms with Gasteiger partial charge in [0.05, 0.1) is 5.92 Å². The van der Waals surface area contributed by atoms with Crippen molar-refractivity contribution in [1.29, 1.82) is 0 Å². The van der Waals surface area contributed by atoms with Gasteiger partial charge in [0.1, 0.15) is 0 Å². The highest BCUT2D eigenvalue weighted by Gasteiger charge is 2.21. The van der Waals surface area contributed by atoms with Crippen LogP contribution in [0.3, 0.4) is 0 Å². The molecule has 0 fully saturated rings. The van der Waals surface area contributed by atoms with E-state index in [1.807, 2.05) is 20.8 Å². The van der Waals surface area contributed by atoms with Crippen LogP contribution in [0.1, 0.15) is 34.6 Å². The van der Waals surface area contributed by atoms with Crippen molar-refractivity contribution in [2.45, 2.75) is 46.7 Å². The van der Waals surface area contributed by atoms with Gasteiger partial charge in [-0.25, -0.2) is 4.79 Å². The van der Waals surface area contributed by atoms with Gasteiger partial charge in [0.2, 0.25) is 0 Å². The van der Waals surface area contributed by atoms with Gasteiger partial charge in [-0.05, 0) is 26.7 Å². The number of carboxylic acid groups (broad SMARTS) is 1. The molecule has 5 nitrogen and oxygen atoms in total. The molecule has 0 aromatic heterocycles. The molecule has 0 saturated heterocycles. The van der Waals surface area contributed by atoms with Crippen LogP contribution < -0.4 is 10.6 Å². The highest BCUT2D eigenvalue weighted by molar-refractivity contribution is 5.76. The SMILES string of the molecule is CC(C)C(C)NC(=O)NC(C)C(C)C(=O)O. The molecule has 16 heavy (non-hydrogen) atoms. The number of hydrogen-bond donors (Lipinski definition) is 3. The van der Waals surface area contributed by atoms with Gasteiger partial charge in [0, 0.05) is 12.1 Å². The van der Waals surface area contributed by atoms with Gasteiger partial charge in [-0.15, -0.1) is 0 Å². The molecule has 0 heterocycles. The van der Waals surface area contributed by atoms with Crippen molar-refractivity contribution in [2.24, 2.45) is 11.8 Å². The molecular formula is C11H22N2O3. The minimum atomic E-state index is -0.912. The van der Waals surface area contributed by atoms with E-state index in [0.717, 1.165) is 0 Å². The maximum Gasteiger partial charge on any atom is 0.315 e. The molecule has 3 atom stereocenters. The van der Waals surface area contributed by atoms with Gasteiger partial charge in [-0.3, -0.25) is 4.79 Å². The smallest absolute Gasteiger partial charge is 0.315 e. The molecule has 0 aromatic carbocycles. The molecule has 3 unspecified atom stereocenters. The summed E-state index contributed by atoms with van der Waals surface area (Å²) < 4.78 is 0. The van der Waals surface area contributed by atoms with Crippen molar-refractivity contribution in [3.63, 3.8) is 0 Å². The fourth-order valence-electron chi connectivity index (χ4n) is 0.961. The summed E-state index contributed by atoms with van der Waals surface area (Å²) in [5, 5.41) is 14.1. The molecule has 94 valence electrons. The van der Waals surface area contributed by atoms with Crippen molar-refractivity contribution in [3.05, 3.63) is 0 Å². The van der Waals surface area contributed by atoms with Gasteiger partial charge in [0.25, 0.3) is 0 Å². The van der Waals surface area contributed by atoms with Crippen molar-refractivity contribution in [3.8, 4) is 0 Å². The minimum absolute atomic E-state index is 0.0623. The van der Waals surface area contributed by atoms with Crippen LogP contribution >= 0.6 is 0 Å². The van der Waals surface area contributed by atoms with E-state index in [1.54, 1.807) is 13.8 Å². The molecule has 0 spiro atoms. The van der Waals surface area contributed by atoms with Crippen LogP contribution in [0.2, 0.25) is 0 Å². The maximum absolute atomic E-state index is 11.5. The standard InChI is InChI=1S/C11H22N2O3/c1-6(2)8(4)12-11(16)13-9(5)7(3)10(14)15/h6-9H,1-5H3,(H,14,15)(H2,12,13,16). The van der Waals surface area contributed by atoms with E-state index >= 15 is 0 Å². The zero-order valence-electron chi connectivity index (χ0n) is 10.6. The molecule has 0 bridgehead atoms. The first-order chi connectivity index (χ1) is 7.25. The first-order valence-corrected chi connectivity index (χ1v) is 5.55. The fourth-order valence-corrected chi connectivity index (χ4v) is 0.961. The number of hydrogen-bond acceptors (Lipinski definition) is 2. The topological polar surface area (TPSA) is 78.4 Å². The van der Waals surface area contributed by atoms with E-state index in [4.69, 9.17) is 5.11 Å². The van der Waals surface area contributed by atoms with Crippen molar-refractivity contribution < 1.29 is 14.7 Å². The third-order valence-corrected chi connectivity index (χ3v) is 2.86. The average molecular weight is 230 g/mol. The lowest BCUT2D eigenvalue weighted by molar-refractivity contribution is -0.141. The summed E-state index contributed by atoms with van der Waals surface area (Å²) in [6.07, 6.45) is 0. The van der Waals surface area contributed by atoms with E-state index in [0.29, 0.717) is 5.92 Å². The Hall–Kier alpha value is -1.26. The van der Waals surface area contributed by atoms with E-state index in [9.17, 15) is 9.59 Å². The zero-order valence-corrected chi connectivity index (χ0v) is 10.6. The van der Waals surface area contributed by atoms with Crippen LogP contribution in [0.15, 0.2) is 0 Å². The van der Waals surface area contributed by atoms with Crippen LogP contribution in [0.5, 0.6) is 0 Å². The number of carboxylic acids is 1. The van der Waals surface area contributed by atoms with Crippen LogP contribution in [0, 0.1) is 11.8 Å². The third-order valence-electron chi connectivity index (χ3n) is 2.86. The summed E-state index contributed by atoms with van der Waals surface area (Å²) in [6.45, 7) is 9.18. The van der Waals surface area contributed by atoms with E-state index in [2.05, 4.69) is 10.6 Å². The number of aliphatic carboxylic acids is 1. The lowest BCUT2D eigenvalue weighted by Gasteiger charge is -2.22. The Morgan fingerprint density at radius 1 is 0.938 bits per heavy atom. The Bertz CT molecular complexity index is 254. The van der Waals surface area contributed by atoms with E-state index in [-0.39, 0.29) is 12.1 Å². The molecule has 0 rings (SSSR count). The van der Waals surface area contributed by atoms with Crippen molar-refractivity contribution in [1.82, 2.24) is 10.6 Å². The van der Waals surface area contributed by atoms with Crippen LogP contribution in [-0.2, 0) is 4.79 Å². The number of rotatable bonds is 5. The molecule has 0 radical (unpaired) electrons.